The Hall–Kier alpha value is -0.610. The number of hydrogen-bond acceptors (Lipinski definition) is 3. The normalized spacial score (nSPS) is 7.12. The summed E-state index contributed by atoms with van der Waals surface area (Å²) in [5.74, 6) is -3.32. The summed E-state index contributed by atoms with van der Waals surface area (Å²) in [6, 6.07) is 0. The molecule has 0 unspecified atom stereocenters. The lowest BCUT2D eigenvalue weighted by molar-refractivity contribution is -0.299. The molecule has 0 radical (unpaired) electrons. The Morgan fingerprint density at radius 2 is 1.88 bits per heavy atom. The van der Waals surface area contributed by atoms with Crippen molar-refractivity contribution in [2.75, 3.05) is 5.88 Å². The molecule has 48 valence electrons. The molecule has 0 saturated heterocycles. The summed E-state index contributed by atoms with van der Waals surface area (Å²) in [6.45, 7) is 0. The van der Waals surface area contributed by atoms with Crippen LogP contribution in [0.1, 0.15) is 0 Å². The minimum atomic E-state index is -1.73. The lowest BCUT2D eigenvalue weighted by atomic mass is 10.5. The number of Topliss-reactive ketones (excluding diaryl/α,β-unsaturated/α-hetero) is 1. The molecular formula is C3H6ClNO3. The zero-order valence-electron chi connectivity index (χ0n) is 4.31. The van der Waals surface area contributed by atoms with E-state index in [1.807, 2.05) is 0 Å². The van der Waals surface area contributed by atoms with Gasteiger partial charge in [-0.15, -0.1) is 11.6 Å². The van der Waals surface area contributed by atoms with Crippen LogP contribution in [-0.4, -0.2) is 17.6 Å². The number of hydrogen-bond donors (Lipinski definition) is 1. The summed E-state index contributed by atoms with van der Waals surface area (Å²) in [4.78, 5) is 19.1. The molecule has 4 N–H and O–H groups in total. The number of carbonyl (C=O) groups excluding carboxylic acids is 2. The van der Waals surface area contributed by atoms with E-state index in [0.29, 0.717) is 0 Å². The van der Waals surface area contributed by atoms with Gasteiger partial charge in [-0.1, -0.05) is 0 Å². The summed E-state index contributed by atoms with van der Waals surface area (Å²) in [7, 11) is 0. The van der Waals surface area contributed by atoms with E-state index in [-0.39, 0.29) is 6.15 Å². The predicted octanol–water partition coefficient (Wildman–Crippen LogP) is -1.08. The van der Waals surface area contributed by atoms with Crippen LogP contribution < -0.4 is 11.3 Å². The number of quaternary nitrogens is 1. The van der Waals surface area contributed by atoms with Crippen molar-refractivity contribution in [3.63, 3.8) is 0 Å². The van der Waals surface area contributed by atoms with Gasteiger partial charge in [-0.3, -0.25) is 4.79 Å². The maximum Gasteiger partial charge on any atom is 0.192 e. The average Bonchev–Trinajstić information content (AvgIpc) is 1.65. The largest absolute Gasteiger partial charge is 0.542 e. The smallest absolute Gasteiger partial charge is 0.192 e. The van der Waals surface area contributed by atoms with E-state index in [1.54, 1.807) is 0 Å². The molecule has 5 heteroatoms. The van der Waals surface area contributed by atoms with Gasteiger partial charge >= 0.3 is 0 Å². The Bertz CT molecular complexity index is 103. The minimum Gasteiger partial charge on any atom is -0.542 e. The Morgan fingerprint density at radius 1 is 1.50 bits per heavy atom. The third-order valence-corrected chi connectivity index (χ3v) is 0.592. The van der Waals surface area contributed by atoms with Gasteiger partial charge in [0.25, 0.3) is 0 Å². The highest BCUT2D eigenvalue weighted by atomic mass is 35.5. The van der Waals surface area contributed by atoms with E-state index in [4.69, 9.17) is 11.6 Å². The molecule has 0 aromatic heterocycles. The third-order valence-electron chi connectivity index (χ3n) is 0.349. The number of rotatable bonds is 2. The molecule has 0 spiro atoms. The number of carboxylic acids is 1. The second kappa shape index (κ2) is 4.55. The summed E-state index contributed by atoms with van der Waals surface area (Å²) < 4.78 is 0. The van der Waals surface area contributed by atoms with Gasteiger partial charge in [0.05, 0.1) is 5.88 Å². The highest BCUT2D eigenvalue weighted by Crippen LogP contribution is 1.73. The molecule has 0 bridgehead atoms. The molecular weight excluding hydrogens is 133 g/mol. The Morgan fingerprint density at radius 3 is 1.88 bits per heavy atom. The second-order valence-electron chi connectivity index (χ2n) is 0.844. The number of ketones is 1. The van der Waals surface area contributed by atoms with Crippen molar-refractivity contribution in [2.24, 2.45) is 0 Å². The zero-order valence-corrected chi connectivity index (χ0v) is 5.07. The second-order valence-corrected chi connectivity index (χ2v) is 1.11. The van der Waals surface area contributed by atoms with Crippen molar-refractivity contribution < 1.29 is 14.7 Å². The van der Waals surface area contributed by atoms with Crippen LogP contribution >= 0.6 is 11.6 Å². The van der Waals surface area contributed by atoms with Crippen LogP contribution in [0.5, 0.6) is 0 Å². The summed E-state index contributed by atoms with van der Waals surface area (Å²) >= 11 is 4.78. The highest BCUT2D eigenvalue weighted by Gasteiger charge is 1.95. The van der Waals surface area contributed by atoms with E-state index >= 15 is 0 Å². The summed E-state index contributed by atoms with van der Waals surface area (Å²) in [6.07, 6.45) is 0. The first kappa shape index (κ1) is 10.4. The average molecular weight is 140 g/mol. The molecule has 0 aromatic carbocycles. The van der Waals surface area contributed by atoms with Crippen molar-refractivity contribution in [3.05, 3.63) is 0 Å². The molecule has 0 amide bonds. The van der Waals surface area contributed by atoms with Gasteiger partial charge in [-0.05, 0) is 0 Å². The predicted molar refractivity (Wildman–Crippen MR) is 26.7 cm³/mol. The van der Waals surface area contributed by atoms with Crippen LogP contribution in [0.3, 0.4) is 0 Å². The van der Waals surface area contributed by atoms with Crippen molar-refractivity contribution in [1.29, 1.82) is 0 Å². The van der Waals surface area contributed by atoms with Crippen molar-refractivity contribution in [3.8, 4) is 0 Å². The number of carbonyl (C=O) groups is 2. The standard InChI is InChI=1S/C3H3ClO3.H3N/c4-1-2(5)3(6)7;/h1H2,(H,6,7);1H3. The topological polar surface area (TPSA) is 93.7 Å². The Kier molecular flexibility index (Phi) is 5.90. The van der Waals surface area contributed by atoms with E-state index in [1.165, 1.54) is 0 Å². The number of carboxylic acid groups (broad SMARTS) is 1. The summed E-state index contributed by atoms with van der Waals surface area (Å²) in [5.41, 5.74) is 0. The quantitative estimate of drug-likeness (QED) is 0.390. The zero-order chi connectivity index (χ0) is 5.86. The van der Waals surface area contributed by atoms with Gasteiger partial charge in [0.1, 0.15) is 5.97 Å². The third kappa shape index (κ3) is 3.58. The summed E-state index contributed by atoms with van der Waals surface area (Å²) in [5, 5.41) is 9.39. The first-order chi connectivity index (χ1) is 3.18. The van der Waals surface area contributed by atoms with Crippen LogP contribution in [0.2, 0.25) is 0 Å². The van der Waals surface area contributed by atoms with E-state index in [9.17, 15) is 14.7 Å². The fourth-order valence-electron chi connectivity index (χ4n) is 0.0546. The Balaban J connectivity index is 0. The molecule has 0 aliphatic carbocycles. The number of aliphatic carboxylic acids is 1. The van der Waals surface area contributed by atoms with Gasteiger partial charge in [0.2, 0.25) is 0 Å². The Labute approximate surface area is 51.0 Å². The molecule has 0 aliphatic rings. The van der Waals surface area contributed by atoms with Crippen molar-refractivity contribution in [2.45, 2.75) is 0 Å². The van der Waals surface area contributed by atoms with Crippen LogP contribution in [0.25, 0.3) is 0 Å². The molecule has 0 heterocycles. The number of alkyl halides is 1. The molecule has 0 atom stereocenters. The molecule has 0 aliphatic heterocycles. The fourth-order valence-corrected chi connectivity index (χ4v) is 0.164. The minimum absolute atomic E-state index is 0. The SMILES string of the molecule is O=C([O-])C(=O)CCl.[NH4+]. The van der Waals surface area contributed by atoms with Crippen LogP contribution in [-0.2, 0) is 9.59 Å². The molecule has 4 nitrogen and oxygen atoms in total. The number of halogens is 1. The fraction of sp³-hybridized carbons (Fsp3) is 0.333. The van der Waals surface area contributed by atoms with E-state index in [0.717, 1.165) is 0 Å². The monoisotopic (exact) mass is 139 g/mol. The molecule has 0 saturated carbocycles. The van der Waals surface area contributed by atoms with E-state index in [2.05, 4.69) is 0 Å². The maximum absolute atomic E-state index is 9.72. The van der Waals surface area contributed by atoms with Gasteiger partial charge in [0.15, 0.2) is 5.78 Å². The lowest BCUT2D eigenvalue weighted by Gasteiger charge is -1.91. The highest BCUT2D eigenvalue weighted by molar-refractivity contribution is 6.44. The van der Waals surface area contributed by atoms with Gasteiger partial charge in [-0.2, -0.15) is 0 Å². The molecule has 8 heavy (non-hydrogen) atoms. The lowest BCUT2D eigenvalue weighted by Crippen LogP contribution is -2.32. The van der Waals surface area contributed by atoms with Crippen molar-refractivity contribution in [1.82, 2.24) is 6.15 Å². The van der Waals surface area contributed by atoms with Crippen molar-refractivity contribution >= 4 is 23.4 Å². The first-order valence-electron chi connectivity index (χ1n) is 1.48. The van der Waals surface area contributed by atoms with Gasteiger partial charge in [-0.25, -0.2) is 0 Å². The molecule has 0 fully saturated rings. The van der Waals surface area contributed by atoms with Crippen LogP contribution in [0, 0.1) is 0 Å². The van der Waals surface area contributed by atoms with Crippen LogP contribution in [0.15, 0.2) is 0 Å². The molecule has 0 aromatic rings. The van der Waals surface area contributed by atoms with Crippen LogP contribution in [0.4, 0.5) is 0 Å². The van der Waals surface area contributed by atoms with E-state index < -0.39 is 17.6 Å². The first-order valence-corrected chi connectivity index (χ1v) is 2.02. The van der Waals surface area contributed by atoms with Gasteiger partial charge < -0.3 is 16.1 Å². The molecule has 0 rings (SSSR count). The van der Waals surface area contributed by atoms with Gasteiger partial charge in [0, 0.05) is 0 Å². The maximum atomic E-state index is 9.72.